The highest BCUT2D eigenvalue weighted by molar-refractivity contribution is 5.70. The maximum Gasteiger partial charge on any atom is 0.408 e. The summed E-state index contributed by atoms with van der Waals surface area (Å²) in [4.78, 5) is 12.3. The van der Waals surface area contributed by atoms with Gasteiger partial charge >= 0.3 is 6.09 Å². The van der Waals surface area contributed by atoms with Crippen molar-refractivity contribution in [2.75, 3.05) is 0 Å². The quantitative estimate of drug-likeness (QED) is 0.794. The molecule has 0 saturated carbocycles. The molecule has 2 aliphatic carbocycles. The lowest BCUT2D eigenvalue weighted by atomic mass is 9.76. The van der Waals surface area contributed by atoms with E-state index in [4.69, 9.17) is 4.74 Å². The van der Waals surface area contributed by atoms with Gasteiger partial charge in [0, 0.05) is 0 Å². The van der Waals surface area contributed by atoms with E-state index in [9.17, 15) is 4.79 Å². The summed E-state index contributed by atoms with van der Waals surface area (Å²) in [6, 6.07) is 8.45. The van der Waals surface area contributed by atoms with Crippen LogP contribution in [0.1, 0.15) is 44.7 Å². The largest absolute Gasteiger partial charge is 0.444 e. The number of allylic oxidation sites excluding steroid dienone is 1. The molecular formula is C18H23NO2. The molecule has 112 valence electrons. The first-order valence-corrected chi connectivity index (χ1v) is 7.65. The Kier molecular flexibility index (Phi) is 3.31. The van der Waals surface area contributed by atoms with Crippen molar-refractivity contribution in [3.8, 4) is 0 Å². The molecule has 2 aliphatic rings. The number of hydrogen-bond acceptors (Lipinski definition) is 2. The molecule has 0 fully saturated rings. The molecule has 21 heavy (non-hydrogen) atoms. The van der Waals surface area contributed by atoms with Crippen LogP contribution in [-0.4, -0.2) is 11.7 Å². The van der Waals surface area contributed by atoms with Crippen LogP contribution in [0.15, 0.2) is 36.4 Å². The molecule has 1 N–H and O–H groups in total. The first-order valence-electron chi connectivity index (χ1n) is 7.65. The highest BCUT2D eigenvalue weighted by Crippen LogP contribution is 2.47. The van der Waals surface area contributed by atoms with Gasteiger partial charge in [-0.2, -0.15) is 0 Å². The summed E-state index contributed by atoms with van der Waals surface area (Å²) in [5.74, 6) is 0.424. The van der Waals surface area contributed by atoms with Crippen molar-refractivity contribution in [1.82, 2.24) is 5.32 Å². The summed E-state index contributed by atoms with van der Waals surface area (Å²) in [5, 5.41) is 3.19. The summed E-state index contributed by atoms with van der Waals surface area (Å²) >= 11 is 0. The van der Waals surface area contributed by atoms with E-state index in [1.54, 1.807) is 0 Å². The fourth-order valence-electron chi connectivity index (χ4n) is 3.59. The number of carbonyl (C=O) groups is 1. The average molecular weight is 285 g/mol. The average Bonchev–Trinajstić information content (AvgIpc) is 2.70. The lowest BCUT2D eigenvalue weighted by Crippen LogP contribution is -2.51. The molecule has 1 aromatic carbocycles. The first kappa shape index (κ1) is 14.2. The molecular weight excluding hydrogens is 262 g/mol. The number of benzene rings is 1. The highest BCUT2D eigenvalue weighted by atomic mass is 16.6. The second kappa shape index (κ2) is 4.90. The molecule has 0 bridgehead atoms. The second-order valence-corrected chi connectivity index (χ2v) is 7.07. The molecule has 1 amide bonds. The Bertz CT molecular complexity index is 585. The van der Waals surface area contributed by atoms with Crippen LogP contribution in [0, 0.1) is 5.92 Å². The fraction of sp³-hybridized carbons (Fsp3) is 0.500. The molecule has 3 rings (SSSR count). The number of fused-ring (bicyclic) bond motifs is 3. The van der Waals surface area contributed by atoms with Gasteiger partial charge in [-0.15, -0.1) is 0 Å². The van der Waals surface area contributed by atoms with E-state index in [0.29, 0.717) is 5.92 Å². The maximum atomic E-state index is 12.3. The van der Waals surface area contributed by atoms with E-state index in [0.717, 1.165) is 19.3 Å². The van der Waals surface area contributed by atoms with Gasteiger partial charge in [-0.3, -0.25) is 0 Å². The molecule has 0 unspecified atom stereocenters. The van der Waals surface area contributed by atoms with Crippen LogP contribution in [0.2, 0.25) is 0 Å². The number of hydrogen-bond donors (Lipinski definition) is 1. The van der Waals surface area contributed by atoms with Crippen LogP contribution in [0.25, 0.3) is 0 Å². The SMILES string of the molecule is CC(C)(C)OC(=O)N[C@@]12CC=CC[C@@H]1Cc1ccccc12. The predicted molar refractivity (Wildman–Crippen MR) is 83.1 cm³/mol. The Balaban J connectivity index is 1.92. The third-order valence-electron chi connectivity index (χ3n) is 4.41. The van der Waals surface area contributed by atoms with Crippen LogP contribution in [0.4, 0.5) is 4.79 Å². The van der Waals surface area contributed by atoms with Crippen molar-refractivity contribution >= 4 is 6.09 Å². The van der Waals surface area contributed by atoms with E-state index in [1.807, 2.05) is 20.8 Å². The minimum Gasteiger partial charge on any atom is -0.444 e. The van der Waals surface area contributed by atoms with Gasteiger partial charge < -0.3 is 10.1 Å². The summed E-state index contributed by atoms with van der Waals surface area (Å²) in [7, 11) is 0. The Morgan fingerprint density at radius 1 is 1.29 bits per heavy atom. The number of amides is 1. The molecule has 0 saturated heterocycles. The third kappa shape index (κ3) is 2.57. The zero-order chi connectivity index (χ0) is 15.1. The van der Waals surface area contributed by atoms with Gasteiger partial charge in [0.2, 0.25) is 0 Å². The molecule has 0 aromatic heterocycles. The molecule has 3 nitrogen and oxygen atoms in total. The predicted octanol–water partition coefficient (Wildman–Crippen LogP) is 3.93. The van der Waals surface area contributed by atoms with E-state index < -0.39 is 5.60 Å². The Labute approximate surface area is 126 Å². The minimum absolute atomic E-state index is 0.298. The van der Waals surface area contributed by atoms with Crippen LogP contribution < -0.4 is 5.32 Å². The van der Waals surface area contributed by atoms with Crippen molar-refractivity contribution in [2.24, 2.45) is 5.92 Å². The molecule has 0 spiro atoms. The normalized spacial score (nSPS) is 26.9. The Hall–Kier alpha value is -1.77. The number of carbonyl (C=O) groups excluding carboxylic acids is 1. The minimum atomic E-state index is -0.473. The van der Waals surface area contributed by atoms with Gasteiger partial charge in [-0.1, -0.05) is 36.4 Å². The molecule has 3 heteroatoms. The summed E-state index contributed by atoms with van der Waals surface area (Å²) in [5.41, 5.74) is 1.83. The highest BCUT2D eigenvalue weighted by Gasteiger charge is 2.48. The van der Waals surface area contributed by atoms with Gasteiger partial charge in [-0.25, -0.2) is 4.79 Å². The maximum absolute atomic E-state index is 12.3. The number of nitrogens with one attached hydrogen (secondary N) is 1. The Morgan fingerprint density at radius 3 is 2.81 bits per heavy atom. The Morgan fingerprint density at radius 2 is 2.05 bits per heavy atom. The zero-order valence-corrected chi connectivity index (χ0v) is 13.0. The molecule has 0 radical (unpaired) electrons. The third-order valence-corrected chi connectivity index (χ3v) is 4.41. The molecule has 0 aliphatic heterocycles. The van der Waals surface area contributed by atoms with E-state index in [-0.39, 0.29) is 11.6 Å². The van der Waals surface area contributed by atoms with Gasteiger partial charge in [0.1, 0.15) is 5.60 Å². The van der Waals surface area contributed by atoms with Crippen molar-refractivity contribution in [2.45, 2.75) is 51.2 Å². The number of ether oxygens (including phenoxy) is 1. The monoisotopic (exact) mass is 285 g/mol. The zero-order valence-electron chi connectivity index (χ0n) is 13.0. The van der Waals surface area contributed by atoms with Crippen LogP contribution in [0.5, 0.6) is 0 Å². The van der Waals surface area contributed by atoms with Gasteiger partial charge in [-0.05, 0) is 57.1 Å². The van der Waals surface area contributed by atoms with Crippen LogP contribution >= 0.6 is 0 Å². The number of alkyl carbamates (subject to hydrolysis) is 1. The lowest BCUT2D eigenvalue weighted by Gasteiger charge is -2.39. The van der Waals surface area contributed by atoms with Gasteiger partial charge in [0.15, 0.2) is 0 Å². The molecule has 1 aromatic rings. The molecule has 0 heterocycles. The van der Waals surface area contributed by atoms with Crippen molar-refractivity contribution in [1.29, 1.82) is 0 Å². The van der Waals surface area contributed by atoms with E-state index in [1.165, 1.54) is 11.1 Å². The summed E-state index contributed by atoms with van der Waals surface area (Å²) < 4.78 is 5.48. The first-order chi connectivity index (χ1) is 9.91. The van der Waals surface area contributed by atoms with Gasteiger partial charge in [0.25, 0.3) is 0 Å². The van der Waals surface area contributed by atoms with E-state index in [2.05, 4.69) is 41.7 Å². The lowest BCUT2D eigenvalue weighted by molar-refractivity contribution is 0.0409. The fourth-order valence-corrected chi connectivity index (χ4v) is 3.59. The van der Waals surface area contributed by atoms with Gasteiger partial charge in [0.05, 0.1) is 5.54 Å². The topological polar surface area (TPSA) is 38.3 Å². The second-order valence-electron chi connectivity index (χ2n) is 7.07. The van der Waals surface area contributed by atoms with E-state index >= 15 is 0 Å². The standard InChI is InChI=1S/C18H23NO2/c1-17(2,3)21-16(20)19-18-11-7-6-9-14(18)12-13-8-4-5-10-15(13)18/h4-8,10,14H,9,11-12H2,1-3H3,(H,19,20)/t14-,18+/m1/s1. The molecule has 2 atom stereocenters. The van der Waals surface area contributed by atoms with Crippen molar-refractivity contribution < 1.29 is 9.53 Å². The van der Waals surface area contributed by atoms with Crippen LogP contribution in [-0.2, 0) is 16.7 Å². The smallest absolute Gasteiger partial charge is 0.408 e. The van der Waals surface area contributed by atoms with Crippen molar-refractivity contribution in [3.05, 3.63) is 47.5 Å². The van der Waals surface area contributed by atoms with Crippen LogP contribution in [0.3, 0.4) is 0 Å². The van der Waals surface area contributed by atoms with Crippen molar-refractivity contribution in [3.63, 3.8) is 0 Å². The number of rotatable bonds is 1. The summed E-state index contributed by atoms with van der Waals surface area (Å²) in [6.45, 7) is 5.68. The summed E-state index contributed by atoms with van der Waals surface area (Å²) in [6.07, 6.45) is 6.95.